The number of hydrogen-bond acceptors (Lipinski definition) is 4. The van der Waals surface area contributed by atoms with Crippen molar-refractivity contribution in [2.75, 3.05) is 6.61 Å². The van der Waals surface area contributed by atoms with Crippen molar-refractivity contribution in [3.05, 3.63) is 33.4 Å². The highest BCUT2D eigenvalue weighted by molar-refractivity contribution is 5.78. The number of rotatable bonds is 5. The van der Waals surface area contributed by atoms with E-state index in [-0.39, 0.29) is 24.2 Å². The lowest BCUT2D eigenvalue weighted by molar-refractivity contribution is -0.385. The van der Waals surface area contributed by atoms with E-state index in [4.69, 9.17) is 4.74 Å². The van der Waals surface area contributed by atoms with Gasteiger partial charge < -0.3 is 10.1 Å². The van der Waals surface area contributed by atoms with Gasteiger partial charge in [-0.25, -0.2) is 0 Å². The lowest BCUT2D eigenvalue weighted by Gasteiger charge is -2.23. The number of nitrogens with one attached hydrogen (secondary N) is 1. The highest BCUT2D eigenvalue weighted by Gasteiger charge is 2.19. The maximum Gasteiger partial charge on any atom is 0.276 e. The summed E-state index contributed by atoms with van der Waals surface area (Å²) in [6.45, 7) is 3.34. The quantitative estimate of drug-likeness (QED) is 0.669. The molecular weight excluding hydrogens is 284 g/mol. The number of hydrogen-bond donors (Lipinski definition) is 1. The average molecular weight is 306 g/mol. The van der Waals surface area contributed by atoms with Crippen molar-refractivity contribution < 1.29 is 14.5 Å². The molecule has 1 aliphatic rings. The van der Waals surface area contributed by atoms with Crippen LogP contribution in [0.4, 0.5) is 5.69 Å². The van der Waals surface area contributed by atoms with Crippen LogP contribution in [0.1, 0.15) is 43.2 Å². The third kappa shape index (κ3) is 3.96. The van der Waals surface area contributed by atoms with Crippen LogP contribution < -0.4 is 10.1 Å². The second kappa shape index (κ2) is 7.24. The molecule has 0 aromatic heterocycles. The van der Waals surface area contributed by atoms with Gasteiger partial charge in [0.15, 0.2) is 6.61 Å². The van der Waals surface area contributed by atoms with Crippen molar-refractivity contribution in [2.24, 2.45) is 0 Å². The Morgan fingerprint density at radius 3 is 2.64 bits per heavy atom. The fraction of sp³-hybridized carbons (Fsp3) is 0.562. The van der Waals surface area contributed by atoms with Gasteiger partial charge in [0.1, 0.15) is 5.75 Å². The Kier molecular flexibility index (Phi) is 5.35. The molecule has 0 atom stereocenters. The smallest absolute Gasteiger partial charge is 0.276 e. The minimum absolute atomic E-state index is 0.00767. The molecule has 0 saturated heterocycles. The number of nitrogens with zero attached hydrogens (tertiary/aromatic N) is 1. The predicted molar refractivity (Wildman–Crippen MR) is 83.1 cm³/mol. The monoisotopic (exact) mass is 306 g/mol. The first-order valence-corrected chi connectivity index (χ1v) is 7.66. The summed E-state index contributed by atoms with van der Waals surface area (Å²) in [7, 11) is 0. The fourth-order valence-electron chi connectivity index (χ4n) is 2.89. The number of nitro benzene ring substituents is 1. The SMILES string of the molecule is Cc1ccc([N+](=O)[O-])c(C)c1OCC(=O)NC1CCCCC1. The van der Waals surface area contributed by atoms with Crippen molar-refractivity contribution in [1.82, 2.24) is 5.32 Å². The molecule has 0 unspecified atom stereocenters. The van der Waals surface area contributed by atoms with Gasteiger partial charge in [0.2, 0.25) is 0 Å². The average Bonchev–Trinajstić information content (AvgIpc) is 2.47. The van der Waals surface area contributed by atoms with Crippen LogP contribution in [0.25, 0.3) is 0 Å². The van der Waals surface area contributed by atoms with E-state index in [1.807, 2.05) is 6.92 Å². The minimum Gasteiger partial charge on any atom is -0.483 e. The normalized spacial score (nSPS) is 15.4. The molecule has 1 amide bonds. The minimum atomic E-state index is -0.441. The van der Waals surface area contributed by atoms with Crippen LogP contribution in [-0.2, 0) is 4.79 Å². The molecule has 1 saturated carbocycles. The van der Waals surface area contributed by atoms with Gasteiger partial charge in [0.25, 0.3) is 11.6 Å². The van der Waals surface area contributed by atoms with Gasteiger partial charge in [-0.05, 0) is 38.3 Å². The van der Waals surface area contributed by atoms with E-state index in [0.29, 0.717) is 11.3 Å². The predicted octanol–water partition coefficient (Wildman–Crippen LogP) is 3.04. The first kappa shape index (κ1) is 16.3. The summed E-state index contributed by atoms with van der Waals surface area (Å²) in [5.74, 6) is 0.255. The number of nitro groups is 1. The van der Waals surface area contributed by atoms with Crippen LogP contribution >= 0.6 is 0 Å². The van der Waals surface area contributed by atoms with E-state index in [2.05, 4.69) is 5.32 Å². The summed E-state index contributed by atoms with van der Waals surface area (Å²) < 4.78 is 5.55. The zero-order chi connectivity index (χ0) is 16.1. The number of ether oxygens (including phenoxy) is 1. The summed E-state index contributed by atoms with van der Waals surface area (Å²) >= 11 is 0. The molecule has 0 spiro atoms. The molecule has 0 heterocycles. The van der Waals surface area contributed by atoms with Crippen LogP contribution in [0.5, 0.6) is 5.75 Å². The number of carbonyl (C=O) groups is 1. The molecule has 120 valence electrons. The van der Waals surface area contributed by atoms with Gasteiger partial charge in [0.05, 0.1) is 10.5 Å². The molecule has 2 rings (SSSR count). The Hall–Kier alpha value is -2.11. The van der Waals surface area contributed by atoms with Crippen LogP contribution in [-0.4, -0.2) is 23.5 Å². The molecule has 0 aliphatic heterocycles. The van der Waals surface area contributed by atoms with Crippen LogP contribution in [0.15, 0.2) is 12.1 Å². The van der Waals surface area contributed by atoms with E-state index >= 15 is 0 Å². The van der Waals surface area contributed by atoms with Gasteiger partial charge in [-0.3, -0.25) is 14.9 Å². The van der Waals surface area contributed by atoms with Gasteiger partial charge in [-0.15, -0.1) is 0 Å². The number of benzene rings is 1. The largest absolute Gasteiger partial charge is 0.483 e. The highest BCUT2D eigenvalue weighted by atomic mass is 16.6. The Bertz CT molecular complexity index is 566. The second-order valence-corrected chi connectivity index (χ2v) is 5.80. The Morgan fingerprint density at radius 2 is 2.00 bits per heavy atom. The molecule has 0 radical (unpaired) electrons. The number of carbonyl (C=O) groups excluding carboxylic acids is 1. The van der Waals surface area contributed by atoms with Gasteiger partial charge in [0, 0.05) is 12.1 Å². The van der Waals surface area contributed by atoms with E-state index in [1.165, 1.54) is 12.5 Å². The molecule has 6 nitrogen and oxygen atoms in total. The van der Waals surface area contributed by atoms with Crippen molar-refractivity contribution in [2.45, 2.75) is 52.0 Å². The van der Waals surface area contributed by atoms with Gasteiger partial charge >= 0.3 is 0 Å². The zero-order valence-corrected chi connectivity index (χ0v) is 13.1. The number of aryl methyl sites for hydroxylation is 1. The van der Waals surface area contributed by atoms with Crippen molar-refractivity contribution in [3.8, 4) is 5.75 Å². The summed E-state index contributed by atoms with van der Waals surface area (Å²) in [6, 6.07) is 3.33. The third-order valence-electron chi connectivity index (χ3n) is 4.09. The molecule has 1 N–H and O–H groups in total. The Morgan fingerprint density at radius 1 is 1.32 bits per heavy atom. The zero-order valence-electron chi connectivity index (χ0n) is 13.1. The molecule has 0 bridgehead atoms. The van der Waals surface area contributed by atoms with Crippen molar-refractivity contribution in [1.29, 1.82) is 0 Å². The maximum atomic E-state index is 12.0. The summed E-state index contributed by atoms with van der Waals surface area (Å²) in [6.07, 6.45) is 5.56. The molecule has 1 fully saturated rings. The van der Waals surface area contributed by atoms with E-state index in [1.54, 1.807) is 13.0 Å². The summed E-state index contributed by atoms with van der Waals surface area (Å²) in [5, 5.41) is 13.9. The number of amides is 1. The first-order chi connectivity index (χ1) is 10.5. The van der Waals surface area contributed by atoms with E-state index in [9.17, 15) is 14.9 Å². The topological polar surface area (TPSA) is 81.5 Å². The molecule has 22 heavy (non-hydrogen) atoms. The second-order valence-electron chi connectivity index (χ2n) is 5.80. The Labute approximate surface area is 130 Å². The van der Waals surface area contributed by atoms with Crippen molar-refractivity contribution in [3.63, 3.8) is 0 Å². The third-order valence-corrected chi connectivity index (χ3v) is 4.09. The standard InChI is InChI=1S/C16H22N2O4/c1-11-8-9-14(18(20)21)12(2)16(11)22-10-15(19)17-13-6-4-3-5-7-13/h8-9,13H,3-7,10H2,1-2H3,(H,17,19). The van der Waals surface area contributed by atoms with E-state index < -0.39 is 4.92 Å². The van der Waals surface area contributed by atoms with Crippen molar-refractivity contribution >= 4 is 11.6 Å². The van der Waals surface area contributed by atoms with Gasteiger partial charge in [-0.2, -0.15) is 0 Å². The van der Waals surface area contributed by atoms with Crippen LogP contribution in [0.2, 0.25) is 0 Å². The summed E-state index contributed by atoms with van der Waals surface area (Å²) in [4.78, 5) is 22.5. The molecular formula is C16H22N2O4. The van der Waals surface area contributed by atoms with Gasteiger partial charge in [-0.1, -0.05) is 19.3 Å². The van der Waals surface area contributed by atoms with E-state index in [0.717, 1.165) is 31.2 Å². The molecule has 1 aliphatic carbocycles. The summed E-state index contributed by atoms with van der Waals surface area (Å²) in [5.41, 5.74) is 1.25. The van der Waals surface area contributed by atoms with Crippen LogP contribution in [0.3, 0.4) is 0 Å². The Balaban J connectivity index is 1.97. The molecule has 1 aromatic carbocycles. The first-order valence-electron chi connectivity index (χ1n) is 7.66. The fourth-order valence-corrected chi connectivity index (χ4v) is 2.89. The molecule has 1 aromatic rings. The maximum absolute atomic E-state index is 12.0. The lowest BCUT2D eigenvalue weighted by Crippen LogP contribution is -2.39. The lowest BCUT2D eigenvalue weighted by atomic mass is 9.95. The molecule has 6 heteroatoms. The highest BCUT2D eigenvalue weighted by Crippen LogP contribution is 2.30. The van der Waals surface area contributed by atoms with Crippen LogP contribution in [0, 0.1) is 24.0 Å².